The van der Waals surface area contributed by atoms with E-state index in [2.05, 4.69) is 20.9 Å². The normalized spacial score (nSPS) is 14.2. The minimum atomic E-state index is -1.24. The van der Waals surface area contributed by atoms with Crippen LogP contribution in [0.1, 0.15) is 31.4 Å². The molecule has 40 heavy (non-hydrogen) atoms. The van der Waals surface area contributed by atoms with Crippen LogP contribution in [0.15, 0.2) is 60.8 Å². The van der Waals surface area contributed by atoms with Gasteiger partial charge >= 0.3 is 5.97 Å². The lowest BCUT2D eigenvalue weighted by molar-refractivity contribution is -0.142. The molecule has 0 bridgehead atoms. The molecule has 1 aromatic heterocycles. The third kappa shape index (κ3) is 8.39. The Hall–Kier alpha value is -4.22. The molecule has 11 heteroatoms. The van der Waals surface area contributed by atoms with Crippen LogP contribution in [0.25, 0.3) is 10.9 Å². The van der Waals surface area contributed by atoms with Gasteiger partial charge in [-0.3, -0.25) is 14.4 Å². The number of aromatic amines is 1. The third-order valence-electron chi connectivity index (χ3n) is 6.50. The Labute approximate surface area is 232 Å². The minimum absolute atomic E-state index is 0.0158. The van der Waals surface area contributed by atoms with E-state index in [-0.39, 0.29) is 25.2 Å². The Morgan fingerprint density at radius 1 is 0.825 bits per heavy atom. The van der Waals surface area contributed by atoms with E-state index >= 15 is 0 Å². The highest BCUT2D eigenvalue weighted by atomic mass is 16.4. The van der Waals surface area contributed by atoms with Gasteiger partial charge < -0.3 is 36.9 Å². The van der Waals surface area contributed by atoms with Gasteiger partial charge in [-0.15, -0.1) is 0 Å². The highest BCUT2D eigenvalue weighted by molar-refractivity contribution is 5.94. The second-order valence-corrected chi connectivity index (χ2v) is 10.2. The molecule has 11 nitrogen and oxygen atoms in total. The van der Waals surface area contributed by atoms with E-state index in [1.165, 1.54) is 0 Å². The van der Waals surface area contributed by atoms with E-state index in [0.29, 0.717) is 0 Å². The topological polar surface area (TPSA) is 187 Å². The molecule has 0 aliphatic carbocycles. The van der Waals surface area contributed by atoms with Crippen LogP contribution in [0, 0.1) is 5.92 Å². The van der Waals surface area contributed by atoms with Gasteiger partial charge in [0.1, 0.15) is 24.2 Å². The molecule has 0 aliphatic heterocycles. The molecule has 8 N–H and O–H groups in total. The zero-order valence-electron chi connectivity index (χ0n) is 22.6. The molecule has 3 amide bonds. The maximum atomic E-state index is 13.4. The van der Waals surface area contributed by atoms with Crippen molar-refractivity contribution >= 4 is 34.6 Å². The summed E-state index contributed by atoms with van der Waals surface area (Å²) in [6.45, 7) is 3.14. The second kappa shape index (κ2) is 14.2. The molecule has 4 atom stereocenters. The zero-order chi connectivity index (χ0) is 29.2. The van der Waals surface area contributed by atoms with Crippen molar-refractivity contribution in [1.82, 2.24) is 20.9 Å². The zero-order valence-corrected chi connectivity index (χ0v) is 22.6. The van der Waals surface area contributed by atoms with Crippen LogP contribution in [0.5, 0.6) is 0 Å². The number of fused-ring (bicyclic) bond motifs is 1. The molecule has 0 saturated heterocycles. The van der Waals surface area contributed by atoms with Gasteiger partial charge in [0.2, 0.25) is 17.7 Å². The standard InChI is InChI=1S/C29H37N5O6/c1-17(2)12-23(27(37)34-25(29(39)40)14-19-15-31-22-11-7-6-10-20(19)22)33-28(38)24(32-26(36)21(30)16-35)13-18-8-4-3-5-9-18/h3-11,15,17,21,23-25,31,35H,12-14,16,30H2,1-2H3,(H,32,36)(H,33,38)(H,34,37)(H,39,40). The van der Waals surface area contributed by atoms with Crippen molar-refractivity contribution < 1.29 is 29.4 Å². The summed E-state index contributed by atoms with van der Waals surface area (Å²) < 4.78 is 0. The number of amides is 3. The average Bonchev–Trinajstić information content (AvgIpc) is 3.34. The summed E-state index contributed by atoms with van der Waals surface area (Å²) in [6, 6.07) is 11.8. The molecule has 0 saturated carbocycles. The van der Waals surface area contributed by atoms with Crippen LogP contribution in [-0.2, 0) is 32.0 Å². The van der Waals surface area contributed by atoms with Crippen LogP contribution >= 0.6 is 0 Å². The first-order valence-corrected chi connectivity index (χ1v) is 13.2. The van der Waals surface area contributed by atoms with Crippen LogP contribution in [0.3, 0.4) is 0 Å². The summed E-state index contributed by atoms with van der Waals surface area (Å²) in [4.78, 5) is 54.3. The second-order valence-electron chi connectivity index (χ2n) is 10.2. The molecule has 0 spiro atoms. The van der Waals surface area contributed by atoms with Crippen molar-refractivity contribution in [2.24, 2.45) is 11.7 Å². The largest absolute Gasteiger partial charge is 0.480 e. The van der Waals surface area contributed by atoms with E-state index in [1.54, 1.807) is 30.5 Å². The molecule has 3 aromatic rings. The van der Waals surface area contributed by atoms with Crippen molar-refractivity contribution in [2.75, 3.05) is 6.61 Å². The first-order chi connectivity index (χ1) is 19.1. The van der Waals surface area contributed by atoms with E-state index < -0.39 is 54.5 Å². The van der Waals surface area contributed by atoms with Gasteiger partial charge in [0.15, 0.2) is 0 Å². The van der Waals surface area contributed by atoms with Crippen molar-refractivity contribution in [3.8, 4) is 0 Å². The highest BCUT2D eigenvalue weighted by Gasteiger charge is 2.31. The molecule has 4 unspecified atom stereocenters. The van der Waals surface area contributed by atoms with Gasteiger partial charge in [-0.05, 0) is 29.5 Å². The Morgan fingerprint density at radius 2 is 1.43 bits per heavy atom. The molecule has 2 aromatic carbocycles. The van der Waals surface area contributed by atoms with E-state index in [9.17, 15) is 29.4 Å². The number of rotatable bonds is 14. The van der Waals surface area contributed by atoms with Gasteiger partial charge in [0.05, 0.1) is 6.61 Å². The number of hydrogen-bond donors (Lipinski definition) is 7. The number of nitrogens with two attached hydrogens (primary N) is 1. The smallest absolute Gasteiger partial charge is 0.326 e. The monoisotopic (exact) mass is 551 g/mol. The molecule has 0 fully saturated rings. The number of benzene rings is 2. The molecular weight excluding hydrogens is 514 g/mol. The average molecular weight is 552 g/mol. The van der Waals surface area contributed by atoms with Crippen molar-refractivity contribution in [3.63, 3.8) is 0 Å². The van der Waals surface area contributed by atoms with Gasteiger partial charge in [-0.2, -0.15) is 0 Å². The third-order valence-corrected chi connectivity index (χ3v) is 6.50. The predicted molar refractivity (Wildman–Crippen MR) is 150 cm³/mol. The first-order valence-electron chi connectivity index (χ1n) is 13.2. The number of hydrogen-bond acceptors (Lipinski definition) is 6. The summed E-state index contributed by atoms with van der Waals surface area (Å²) in [5.41, 5.74) is 7.98. The Bertz CT molecular complexity index is 1310. The number of nitrogens with one attached hydrogen (secondary N) is 4. The SMILES string of the molecule is CC(C)CC(NC(=O)C(Cc1ccccc1)NC(=O)C(N)CO)C(=O)NC(Cc1c[nH]c2ccccc12)C(=O)O. The Morgan fingerprint density at radius 3 is 2.08 bits per heavy atom. The Kier molecular flexibility index (Phi) is 10.8. The quantitative estimate of drug-likeness (QED) is 0.155. The molecule has 0 radical (unpaired) electrons. The van der Waals surface area contributed by atoms with Crippen LogP contribution < -0.4 is 21.7 Å². The number of aromatic nitrogens is 1. The van der Waals surface area contributed by atoms with Gasteiger partial charge in [0, 0.05) is 29.9 Å². The number of carbonyl (C=O) groups excluding carboxylic acids is 3. The number of carboxylic acid groups (broad SMARTS) is 1. The van der Waals surface area contributed by atoms with Gasteiger partial charge in [-0.1, -0.05) is 62.4 Å². The summed E-state index contributed by atoms with van der Waals surface area (Å²) in [6.07, 6.45) is 2.11. The number of aliphatic carboxylic acids is 1. The number of para-hydroxylation sites is 1. The maximum Gasteiger partial charge on any atom is 0.326 e. The number of carbonyl (C=O) groups is 4. The number of carboxylic acids is 1. The van der Waals surface area contributed by atoms with Gasteiger partial charge in [0.25, 0.3) is 0 Å². The van der Waals surface area contributed by atoms with Gasteiger partial charge in [-0.25, -0.2) is 4.79 Å². The lowest BCUT2D eigenvalue weighted by Crippen LogP contribution is -2.58. The lowest BCUT2D eigenvalue weighted by Gasteiger charge is -2.26. The van der Waals surface area contributed by atoms with E-state index in [1.807, 2.05) is 44.2 Å². The van der Waals surface area contributed by atoms with Crippen molar-refractivity contribution in [1.29, 1.82) is 0 Å². The minimum Gasteiger partial charge on any atom is -0.480 e. The molecule has 3 rings (SSSR count). The molecular formula is C29H37N5O6. The first kappa shape index (κ1) is 30.3. The van der Waals surface area contributed by atoms with E-state index in [4.69, 9.17) is 5.73 Å². The Balaban J connectivity index is 1.77. The van der Waals surface area contributed by atoms with Crippen molar-refractivity contribution in [3.05, 3.63) is 71.9 Å². The number of H-pyrrole nitrogens is 1. The maximum absolute atomic E-state index is 13.4. The number of aliphatic hydroxyl groups excluding tert-OH is 1. The highest BCUT2D eigenvalue weighted by Crippen LogP contribution is 2.19. The molecule has 0 aliphatic rings. The lowest BCUT2D eigenvalue weighted by atomic mass is 9.99. The van der Waals surface area contributed by atoms with Crippen LogP contribution in [0.4, 0.5) is 0 Å². The summed E-state index contributed by atoms with van der Waals surface area (Å²) >= 11 is 0. The summed E-state index contributed by atoms with van der Waals surface area (Å²) in [7, 11) is 0. The fourth-order valence-electron chi connectivity index (χ4n) is 4.39. The summed E-state index contributed by atoms with van der Waals surface area (Å²) in [5, 5.41) is 27.8. The van der Waals surface area contributed by atoms with E-state index in [0.717, 1.165) is 22.0 Å². The predicted octanol–water partition coefficient (Wildman–Crippen LogP) is 0.858. The fourth-order valence-corrected chi connectivity index (χ4v) is 4.39. The molecule has 214 valence electrons. The molecule has 1 heterocycles. The summed E-state index contributed by atoms with van der Waals surface area (Å²) in [5.74, 6) is -3.22. The van der Waals surface area contributed by atoms with Crippen LogP contribution in [-0.4, -0.2) is 69.7 Å². The van der Waals surface area contributed by atoms with Crippen LogP contribution in [0.2, 0.25) is 0 Å². The fraction of sp³-hybridized carbons (Fsp3) is 0.379. The van der Waals surface area contributed by atoms with Crippen molar-refractivity contribution in [2.45, 2.75) is 57.3 Å². The number of aliphatic hydroxyl groups is 1.